The van der Waals surface area contributed by atoms with Gasteiger partial charge in [-0.05, 0) is 68.4 Å². The number of carbonyl (C=O) groups is 1. The Morgan fingerprint density at radius 3 is 2.47 bits per heavy atom. The van der Waals surface area contributed by atoms with Gasteiger partial charge < -0.3 is 20.1 Å². The van der Waals surface area contributed by atoms with Crippen LogP contribution in [0.3, 0.4) is 0 Å². The standard InChI is InChI=1S/C25H32N2O3/c28-23-12-8-21(9-13-23)26-25(29)20-7-4-16-27(17-20)22-10-14-24(15-11-22)30-18-19-5-2-1-3-6-19/h1-3,5-6,10-11,14-15,20-21,23,28H,4,7-9,12-13,16-18H2,(H,26,29)/t20-,21-,23-/m0/s1. The van der Waals surface area contributed by atoms with E-state index < -0.39 is 0 Å². The molecule has 5 heteroatoms. The van der Waals surface area contributed by atoms with Crippen LogP contribution in [-0.2, 0) is 11.4 Å². The minimum absolute atomic E-state index is 0.0274. The molecule has 2 aromatic carbocycles. The van der Waals surface area contributed by atoms with Crippen LogP contribution in [-0.4, -0.2) is 36.2 Å². The zero-order valence-electron chi connectivity index (χ0n) is 17.5. The number of rotatable bonds is 6. The Hall–Kier alpha value is -2.53. The summed E-state index contributed by atoms with van der Waals surface area (Å²) in [7, 11) is 0. The molecule has 5 nitrogen and oxygen atoms in total. The van der Waals surface area contributed by atoms with E-state index in [1.807, 2.05) is 30.3 Å². The highest BCUT2D eigenvalue weighted by atomic mass is 16.5. The van der Waals surface area contributed by atoms with Crippen LogP contribution in [0, 0.1) is 5.92 Å². The SMILES string of the molecule is O=C(N[C@H]1CC[C@H](O)CC1)[C@H]1CCCN(c2ccc(OCc3ccccc3)cc2)C1. The molecule has 0 bridgehead atoms. The van der Waals surface area contributed by atoms with Crippen molar-refractivity contribution in [1.82, 2.24) is 5.32 Å². The summed E-state index contributed by atoms with van der Waals surface area (Å²) in [4.78, 5) is 15.1. The molecule has 2 fully saturated rings. The van der Waals surface area contributed by atoms with Crippen LogP contribution < -0.4 is 15.0 Å². The quantitative estimate of drug-likeness (QED) is 0.761. The van der Waals surface area contributed by atoms with Crippen LogP contribution in [0.1, 0.15) is 44.1 Å². The number of ether oxygens (including phenoxy) is 1. The third-order valence-electron chi connectivity index (χ3n) is 6.29. The Morgan fingerprint density at radius 2 is 1.73 bits per heavy atom. The molecule has 1 heterocycles. The van der Waals surface area contributed by atoms with Crippen molar-refractivity contribution in [3.63, 3.8) is 0 Å². The molecule has 1 saturated heterocycles. The van der Waals surface area contributed by atoms with E-state index in [9.17, 15) is 9.90 Å². The summed E-state index contributed by atoms with van der Waals surface area (Å²) in [6, 6.07) is 18.6. The fourth-order valence-corrected chi connectivity index (χ4v) is 4.46. The lowest BCUT2D eigenvalue weighted by molar-refractivity contribution is -0.126. The molecule has 0 radical (unpaired) electrons. The molecule has 1 amide bonds. The zero-order chi connectivity index (χ0) is 20.8. The molecule has 4 rings (SSSR count). The summed E-state index contributed by atoms with van der Waals surface area (Å²) >= 11 is 0. The van der Waals surface area contributed by atoms with Crippen molar-refractivity contribution < 1.29 is 14.6 Å². The number of aliphatic hydroxyl groups excluding tert-OH is 1. The lowest BCUT2D eigenvalue weighted by atomic mass is 9.91. The number of anilines is 1. The van der Waals surface area contributed by atoms with Crippen LogP contribution in [0.15, 0.2) is 54.6 Å². The first-order chi connectivity index (χ1) is 14.7. The van der Waals surface area contributed by atoms with Gasteiger partial charge in [-0.1, -0.05) is 30.3 Å². The molecule has 30 heavy (non-hydrogen) atoms. The number of amides is 1. The fourth-order valence-electron chi connectivity index (χ4n) is 4.46. The van der Waals surface area contributed by atoms with Gasteiger partial charge in [0.2, 0.25) is 5.91 Å². The van der Waals surface area contributed by atoms with E-state index in [1.54, 1.807) is 0 Å². The van der Waals surface area contributed by atoms with Crippen molar-refractivity contribution in [2.75, 3.05) is 18.0 Å². The highest BCUT2D eigenvalue weighted by Gasteiger charge is 2.28. The Morgan fingerprint density at radius 1 is 1.00 bits per heavy atom. The Bertz CT molecular complexity index is 801. The maximum absolute atomic E-state index is 12.8. The predicted molar refractivity (Wildman–Crippen MR) is 119 cm³/mol. The first kappa shape index (κ1) is 20.7. The van der Waals surface area contributed by atoms with E-state index in [2.05, 4.69) is 34.5 Å². The van der Waals surface area contributed by atoms with Crippen molar-refractivity contribution in [2.24, 2.45) is 5.92 Å². The van der Waals surface area contributed by atoms with Gasteiger partial charge in [0, 0.05) is 24.8 Å². The van der Waals surface area contributed by atoms with Crippen LogP contribution in [0.4, 0.5) is 5.69 Å². The number of aliphatic hydroxyl groups is 1. The second-order valence-corrected chi connectivity index (χ2v) is 8.57. The molecule has 0 aromatic heterocycles. The average molecular weight is 409 g/mol. The van der Waals surface area contributed by atoms with Crippen molar-refractivity contribution in [3.8, 4) is 5.75 Å². The van der Waals surface area contributed by atoms with E-state index >= 15 is 0 Å². The zero-order valence-corrected chi connectivity index (χ0v) is 17.5. The summed E-state index contributed by atoms with van der Waals surface area (Å²) in [5.74, 6) is 1.05. The Labute approximate surface area is 179 Å². The number of nitrogens with zero attached hydrogens (tertiary/aromatic N) is 1. The molecule has 1 aliphatic heterocycles. The van der Waals surface area contributed by atoms with Gasteiger partial charge in [0.05, 0.1) is 12.0 Å². The number of benzene rings is 2. The highest BCUT2D eigenvalue weighted by molar-refractivity contribution is 5.80. The van der Waals surface area contributed by atoms with Crippen LogP contribution in [0.2, 0.25) is 0 Å². The summed E-state index contributed by atoms with van der Waals surface area (Å²) in [6.07, 6.45) is 5.12. The normalized spacial score (nSPS) is 24.3. The van der Waals surface area contributed by atoms with E-state index in [1.165, 1.54) is 0 Å². The van der Waals surface area contributed by atoms with Crippen molar-refractivity contribution in [2.45, 2.75) is 57.3 Å². The largest absolute Gasteiger partial charge is 0.489 e. The van der Waals surface area contributed by atoms with Crippen LogP contribution in [0.25, 0.3) is 0 Å². The fraction of sp³-hybridized carbons (Fsp3) is 0.480. The topological polar surface area (TPSA) is 61.8 Å². The van der Waals surface area contributed by atoms with Crippen molar-refractivity contribution in [1.29, 1.82) is 0 Å². The minimum Gasteiger partial charge on any atom is -0.489 e. The van der Waals surface area contributed by atoms with Gasteiger partial charge in [0.15, 0.2) is 0 Å². The third-order valence-corrected chi connectivity index (χ3v) is 6.29. The maximum Gasteiger partial charge on any atom is 0.225 e. The molecule has 2 N–H and O–H groups in total. The highest BCUT2D eigenvalue weighted by Crippen LogP contribution is 2.26. The van der Waals surface area contributed by atoms with Crippen molar-refractivity contribution in [3.05, 3.63) is 60.2 Å². The lowest BCUT2D eigenvalue weighted by Crippen LogP contribution is -2.47. The summed E-state index contributed by atoms with van der Waals surface area (Å²) in [6.45, 7) is 2.29. The summed E-state index contributed by atoms with van der Waals surface area (Å²) in [5.41, 5.74) is 2.29. The molecule has 1 aliphatic carbocycles. The number of nitrogens with one attached hydrogen (secondary N) is 1. The second-order valence-electron chi connectivity index (χ2n) is 8.57. The van der Waals surface area contributed by atoms with E-state index in [0.29, 0.717) is 6.61 Å². The third kappa shape index (κ3) is 5.54. The molecule has 0 spiro atoms. The first-order valence-corrected chi connectivity index (χ1v) is 11.2. The molecular formula is C25H32N2O3. The van der Waals surface area contributed by atoms with Gasteiger partial charge in [0.25, 0.3) is 0 Å². The monoisotopic (exact) mass is 408 g/mol. The number of hydrogen-bond acceptors (Lipinski definition) is 4. The van der Waals surface area contributed by atoms with E-state index in [4.69, 9.17) is 4.74 Å². The summed E-state index contributed by atoms with van der Waals surface area (Å²) < 4.78 is 5.89. The molecule has 1 atom stereocenters. The first-order valence-electron chi connectivity index (χ1n) is 11.2. The average Bonchev–Trinajstić information content (AvgIpc) is 2.80. The Kier molecular flexibility index (Phi) is 6.90. The van der Waals surface area contributed by atoms with Gasteiger partial charge in [-0.2, -0.15) is 0 Å². The predicted octanol–water partition coefficient (Wildman–Crippen LogP) is 3.90. The van der Waals surface area contributed by atoms with Gasteiger partial charge in [-0.25, -0.2) is 0 Å². The van der Waals surface area contributed by atoms with Crippen LogP contribution >= 0.6 is 0 Å². The smallest absolute Gasteiger partial charge is 0.225 e. The number of piperidine rings is 1. The second kappa shape index (κ2) is 9.98. The molecule has 2 aromatic rings. The molecule has 2 aliphatic rings. The minimum atomic E-state index is -0.192. The molecular weight excluding hydrogens is 376 g/mol. The van der Waals surface area contributed by atoms with Gasteiger partial charge in [-0.3, -0.25) is 4.79 Å². The van der Waals surface area contributed by atoms with E-state index in [-0.39, 0.29) is 24.0 Å². The van der Waals surface area contributed by atoms with Gasteiger partial charge in [-0.15, -0.1) is 0 Å². The molecule has 1 saturated carbocycles. The van der Waals surface area contributed by atoms with Crippen molar-refractivity contribution >= 4 is 11.6 Å². The van der Waals surface area contributed by atoms with Crippen LogP contribution in [0.5, 0.6) is 5.75 Å². The number of carbonyl (C=O) groups excluding carboxylic acids is 1. The molecule has 0 unspecified atom stereocenters. The maximum atomic E-state index is 12.8. The van der Waals surface area contributed by atoms with E-state index in [0.717, 1.165) is 68.6 Å². The lowest BCUT2D eigenvalue weighted by Gasteiger charge is -2.35. The Balaban J connectivity index is 1.29. The van der Waals surface area contributed by atoms with Gasteiger partial charge in [0.1, 0.15) is 12.4 Å². The molecule has 160 valence electrons. The summed E-state index contributed by atoms with van der Waals surface area (Å²) in [5, 5.41) is 12.9. The van der Waals surface area contributed by atoms with Gasteiger partial charge >= 0.3 is 0 Å². The number of hydrogen-bond donors (Lipinski definition) is 2.